The number of thiophene rings is 1. The standard InChI is InChI=1S/C19H13FN4OS2/c20-13-6-4-12(5-7-13)14-9-26-18-17(14)19(23-11-22-18)27-10-16(25)24-15-3-1-2-8-21-15/h1-9,11H,10H2,(H,21,24,25). The van der Waals surface area contributed by atoms with Gasteiger partial charge in [-0.1, -0.05) is 30.0 Å². The molecule has 1 N–H and O–H groups in total. The van der Waals surface area contributed by atoms with Crippen molar-refractivity contribution in [1.29, 1.82) is 0 Å². The molecule has 0 aliphatic carbocycles. The molecule has 134 valence electrons. The molecule has 1 amide bonds. The summed E-state index contributed by atoms with van der Waals surface area (Å²) < 4.78 is 13.2. The quantitative estimate of drug-likeness (QED) is 0.394. The van der Waals surface area contributed by atoms with Crippen molar-refractivity contribution in [2.75, 3.05) is 11.1 Å². The van der Waals surface area contributed by atoms with Crippen LogP contribution in [0.5, 0.6) is 0 Å². The zero-order valence-electron chi connectivity index (χ0n) is 13.9. The van der Waals surface area contributed by atoms with E-state index in [1.54, 1.807) is 30.5 Å². The van der Waals surface area contributed by atoms with E-state index in [4.69, 9.17) is 0 Å². The molecule has 0 unspecified atom stereocenters. The lowest BCUT2D eigenvalue weighted by atomic mass is 10.1. The largest absolute Gasteiger partial charge is 0.310 e. The Morgan fingerprint density at radius 2 is 1.96 bits per heavy atom. The summed E-state index contributed by atoms with van der Waals surface area (Å²) in [6.45, 7) is 0. The molecule has 0 aliphatic rings. The zero-order chi connectivity index (χ0) is 18.6. The van der Waals surface area contributed by atoms with Gasteiger partial charge in [-0.15, -0.1) is 11.3 Å². The van der Waals surface area contributed by atoms with Crippen LogP contribution in [0.25, 0.3) is 21.3 Å². The average molecular weight is 396 g/mol. The molecule has 3 heterocycles. The van der Waals surface area contributed by atoms with E-state index in [0.717, 1.165) is 26.4 Å². The van der Waals surface area contributed by atoms with Crippen molar-refractivity contribution < 1.29 is 9.18 Å². The SMILES string of the molecule is O=C(CSc1ncnc2scc(-c3ccc(F)cc3)c12)Nc1ccccn1. The third-order valence-electron chi connectivity index (χ3n) is 3.76. The summed E-state index contributed by atoms with van der Waals surface area (Å²) in [7, 11) is 0. The lowest BCUT2D eigenvalue weighted by Crippen LogP contribution is -2.14. The van der Waals surface area contributed by atoms with E-state index in [0.29, 0.717) is 5.82 Å². The molecule has 4 aromatic rings. The highest BCUT2D eigenvalue weighted by molar-refractivity contribution is 8.00. The number of amides is 1. The first-order valence-corrected chi connectivity index (χ1v) is 9.89. The van der Waals surface area contributed by atoms with Crippen LogP contribution in [0, 0.1) is 5.82 Å². The molecule has 1 aromatic carbocycles. The van der Waals surface area contributed by atoms with Crippen molar-refractivity contribution in [2.45, 2.75) is 5.03 Å². The Morgan fingerprint density at radius 3 is 2.74 bits per heavy atom. The van der Waals surface area contributed by atoms with Gasteiger partial charge >= 0.3 is 0 Å². The Balaban J connectivity index is 1.57. The number of nitrogens with zero attached hydrogens (tertiary/aromatic N) is 3. The fraction of sp³-hybridized carbons (Fsp3) is 0.0526. The Morgan fingerprint density at radius 1 is 1.11 bits per heavy atom. The first-order valence-electron chi connectivity index (χ1n) is 8.02. The summed E-state index contributed by atoms with van der Waals surface area (Å²) in [6, 6.07) is 11.6. The van der Waals surface area contributed by atoms with E-state index in [9.17, 15) is 9.18 Å². The summed E-state index contributed by atoms with van der Waals surface area (Å²) in [5.41, 5.74) is 1.82. The molecule has 0 atom stereocenters. The van der Waals surface area contributed by atoms with Gasteiger partial charge in [0.15, 0.2) is 0 Å². The molecular formula is C19H13FN4OS2. The molecule has 0 bridgehead atoms. The van der Waals surface area contributed by atoms with Gasteiger partial charge in [-0.3, -0.25) is 4.79 Å². The molecule has 0 saturated heterocycles. The second-order valence-electron chi connectivity index (χ2n) is 5.57. The Labute approximate surface area is 162 Å². The number of fused-ring (bicyclic) bond motifs is 1. The molecule has 0 radical (unpaired) electrons. The van der Waals surface area contributed by atoms with Crippen LogP contribution >= 0.6 is 23.1 Å². The predicted octanol–water partition coefficient (Wildman–Crippen LogP) is 4.62. The Bertz CT molecular complexity index is 1080. The first-order chi connectivity index (χ1) is 13.2. The minimum atomic E-state index is -0.282. The molecule has 5 nitrogen and oxygen atoms in total. The van der Waals surface area contributed by atoms with Crippen LogP contribution in [0.2, 0.25) is 0 Å². The summed E-state index contributed by atoms with van der Waals surface area (Å²) in [5, 5.41) is 6.33. The molecule has 8 heteroatoms. The van der Waals surface area contributed by atoms with E-state index in [1.807, 2.05) is 11.4 Å². The van der Waals surface area contributed by atoms with Gasteiger partial charge in [0.2, 0.25) is 5.91 Å². The molecular weight excluding hydrogens is 383 g/mol. The second-order valence-corrected chi connectivity index (χ2v) is 7.39. The minimum Gasteiger partial charge on any atom is -0.310 e. The fourth-order valence-electron chi connectivity index (χ4n) is 2.55. The van der Waals surface area contributed by atoms with Gasteiger partial charge in [0.1, 0.15) is 27.8 Å². The lowest BCUT2D eigenvalue weighted by Gasteiger charge is -2.06. The van der Waals surface area contributed by atoms with Gasteiger partial charge in [-0.25, -0.2) is 19.3 Å². The summed E-state index contributed by atoms with van der Waals surface area (Å²) >= 11 is 2.83. The summed E-state index contributed by atoms with van der Waals surface area (Å²) in [6.07, 6.45) is 3.11. The maximum absolute atomic E-state index is 13.2. The fourth-order valence-corrected chi connectivity index (χ4v) is 4.34. The number of pyridine rings is 1. The number of hydrogen-bond donors (Lipinski definition) is 1. The van der Waals surface area contributed by atoms with Gasteiger partial charge < -0.3 is 5.32 Å². The highest BCUT2D eigenvalue weighted by atomic mass is 32.2. The third-order valence-corrected chi connectivity index (χ3v) is 5.64. The molecule has 0 spiro atoms. The Kier molecular flexibility index (Phi) is 5.08. The van der Waals surface area contributed by atoms with E-state index in [2.05, 4.69) is 20.3 Å². The van der Waals surface area contributed by atoms with Crippen molar-refractivity contribution in [3.63, 3.8) is 0 Å². The number of halogens is 1. The van der Waals surface area contributed by atoms with Crippen LogP contribution in [0.15, 0.2) is 65.4 Å². The van der Waals surface area contributed by atoms with E-state index >= 15 is 0 Å². The number of nitrogens with one attached hydrogen (secondary N) is 1. The minimum absolute atomic E-state index is 0.163. The first kappa shape index (κ1) is 17.6. The van der Waals surface area contributed by atoms with Crippen LogP contribution in [0.1, 0.15) is 0 Å². The lowest BCUT2D eigenvalue weighted by molar-refractivity contribution is -0.113. The van der Waals surface area contributed by atoms with E-state index in [1.165, 1.54) is 41.6 Å². The highest BCUT2D eigenvalue weighted by Crippen LogP contribution is 2.37. The molecule has 0 saturated carbocycles. The van der Waals surface area contributed by atoms with Gasteiger partial charge in [-0.05, 0) is 29.8 Å². The number of benzene rings is 1. The second kappa shape index (κ2) is 7.81. The van der Waals surface area contributed by atoms with Gasteiger partial charge in [-0.2, -0.15) is 0 Å². The van der Waals surface area contributed by atoms with E-state index in [-0.39, 0.29) is 17.5 Å². The van der Waals surface area contributed by atoms with Crippen LogP contribution in [-0.4, -0.2) is 26.6 Å². The Hall–Kier alpha value is -2.84. The highest BCUT2D eigenvalue weighted by Gasteiger charge is 2.15. The summed E-state index contributed by atoms with van der Waals surface area (Å²) in [4.78, 5) is 25.8. The number of anilines is 1. The molecule has 4 rings (SSSR count). The maximum atomic E-state index is 13.2. The van der Waals surface area contributed by atoms with Crippen LogP contribution in [0.4, 0.5) is 10.2 Å². The predicted molar refractivity (Wildman–Crippen MR) is 106 cm³/mol. The number of rotatable bonds is 5. The van der Waals surface area contributed by atoms with Crippen molar-refractivity contribution in [2.24, 2.45) is 0 Å². The molecule has 3 aromatic heterocycles. The smallest absolute Gasteiger partial charge is 0.235 e. The molecule has 27 heavy (non-hydrogen) atoms. The van der Waals surface area contributed by atoms with Crippen LogP contribution in [0.3, 0.4) is 0 Å². The summed E-state index contributed by atoms with van der Waals surface area (Å²) in [5.74, 6) is 0.263. The number of thioether (sulfide) groups is 1. The van der Waals surface area contributed by atoms with Crippen molar-refractivity contribution in [3.05, 3.63) is 66.2 Å². The number of carbonyl (C=O) groups is 1. The van der Waals surface area contributed by atoms with Gasteiger partial charge in [0.25, 0.3) is 0 Å². The number of carbonyl (C=O) groups excluding carboxylic acids is 1. The van der Waals surface area contributed by atoms with Crippen LogP contribution < -0.4 is 5.32 Å². The monoisotopic (exact) mass is 396 g/mol. The molecule has 0 fully saturated rings. The van der Waals surface area contributed by atoms with Crippen LogP contribution in [-0.2, 0) is 4.79 Å². The topological polar surface area (TPSA) is 67.8 Å². The third kappa shape index (κ3) is 3.96. The van der Waals surface area contributed by atoms with Gasteiger partial charge in [0.05, 0.1) is 11.1 Å². The van der Waals surface area contributed by atoms with Crippen molar-refractivity contribution in [3.8, 4) is 11.1 Å². The number of hydrogen-bond acceptors (Lipinski definition) is 6. The van der Waals surface area contributed by atoms with Crippen molar-refractivity contribution in [1.82, 2.24) is 15.0 Å². The van der Waals surface area contributed by atoms with Gasteiger partial charge in [0, 0.05) is 17.1 Å². The number of aromatic nitrogens is 3. The molecule has 0 aliphatic heterocycles. The van der Waals surface area contributed by atoms with Crippen molar-refractivity contribution >= 4 is 45.0 Å². The normalized spacial score (nSPS) is 10.9. The maximum Gasteiger partial charge on any atom is 0.235 e. The van der Waals surface area contributed by atoms with E-state index < -0.39 is 0 Å². The zero-order valence-corrected chi connectivity index (χ0v) is 15.6. The average Bonchev–Trinajstić information content (AvgIpc) is 3.12.